The molecule has 116 valence electrons. The fourth-order valence-electron chi connectivity index (χ4n) is 2.01. The van der Waals surface area contributed by atoms with E-state index < -0.39 is 5.97 Å². The highest BCUT2D eigenvalue weighted by Gasteiger charge is 2.19. The summed E-state index contributed by atoms with van der Waals surface area (Å²) in [4.78, 5) is 15.3. The third-order valence-electron chi connectivity index (χ3n) is 3.04. The highest BCUT2D eigenvalue weighted by Crippen LogP contribution is 2.28. The lowest BCUT2D eigenvalue weighted by Crippen LogP contribution is -2.03. The molecule has 0 saturated heterocycles. The van der Waals surface area contributed by atoms with Crippen molar-refractivity contribution < 1.29 is 9.90 Å². The summed E-state index contributed by atoms with van der Waals surface area (Å²) < 4.78 is 2.29. The maximum absolute atomic E-state index is 11.2. The molecule has 3 rings (SSSR count). The zero-order valence-corrected chi connectivity index (χ0v) is 14.5. The number of halogens is 3. The van der Waals surface area contributed by atoms with Crippen LogP contribution >= 0.6 is 39.1 Å². The maximum atomic E-state index is 11.2. The summed E-state index contributed by atoms with van der Waals surface area (Å²) in [5.41, 5.74) is 1.20. The van der Waals surface area contributed by atoms with E-state index in [0.29, 0.717) is 27.1 Å². The smallest absolute Gasteiger partial charge is 0.375 e. The third kappa shape index (κ3) is 3.24. The number of nitrogens with zero attached hydrogens (tertiary/aromatic N) is 3. The van der Waals surface area contributed by atoms with Crippen molar-refractivity contribution in [3.05, 3.63) is 62.8 Å². The van der Waals surface area contributed by atoms with Crippen LogP contribution in [-0.4, -0.2) is 25.8 Å². The molecule has 5 nitrogen and oxygen atoms in total. The van der Waals surface area contributed by atoms with Crippen LogP contribution in [0.15, 0.2) is 46.9 Å². The summed E-state index contributed by atoms with van der Waals surface area (Å²) >= 11 is 15.5. The highest BCUT2D eigenvalue weighted by atomic mass is 79.9. The first-order chi connectivity index (χ1) is 11.0. The van der Waals surface area contributed by atoms with Crippen LogP contribution < -0.4 is 0 Å². The number of aromatic carboxylic acids is 1. The van der Waals surface area contributed by atoms with Crippen LogP contribution in [0.4, 0.5) is 0 Å². The molecule has 0 aliphatic carbocycles. The molecule has 0 radical (unpaired) electrons. The molecular formula is C15H8BrCl2N3O2. The molecule has 23 heavy (non-hydrogen) atoms. The Balaban J connectivity index is 2.22. The monoisotopic (exact) mass is 411 g/mol. The average molecular weight is 413 g/mol. The molecule has 0 spiro atoms. The molecule has 0 atom stereocenters. The molecule has 0 fully saturated rings. The summed E-state index contributed by atoms with van der Waals surface area (Å²) in [5, 5.41) is 14.0. The van der Waals surface area contributed by atoms with Crippen LogP contribution in [0, 0.1) is 0 Å². The minimum atomic E-state index is -1.22. The van der Waals surface area contributed by atoms with Gasteiger partial charge in [0.15, 0.2) is 5.82 Å². The standard InChI is InChI=1S/C15H8BrCl2N3O2/c16-9-3-1-8(2-4-9)14-19-13(15(22)23)20-21(14)12-6-5-10(17)7-11(12)18/h1-7H,(H,22,23). The van der Waals surface area contributed by atoms with Gasteiger partial charge in [0, 0.05) is 15.1 Å². The summed E-state index contributed by atoms with van der Waals surface area (Å²) in [6.07, 6.45) is 0. The van der Waals surface area contributed by atoms with Gasteiger partial charge in [-0.2, -0.15) is 0 Å². The van der Waals surface area contributed by atoms with Gasteiger partial charge >= 0.3 is 5.97 Å². The van der Waals surface area contributed by atoms with Crippen LogP contribution in [-0.2, 0) is 0 Å². The number of hydrogen-bond acceptors (Lipinski definition) is 3. The summed E-state index contributed by atoms with van der Waals surface area (Å²) in [6, 6.07) is 12.1. The van der Waals surface area contributed by atoms with Crippen LogP contribution in [0.2, 0.25) is 10.0 Å². The van der Waals surface area contributed by atoms with Crippen molar-refractivity contribution in [2.24, 2.45) is 0 Å². The molecule has 8 heteroatoms. The number of aromatic nitrogens is 3. The van der Waals surface area contributed by atoms with Gasteiger partial charge < -0.3 is 5.11 Å². The van der Waals surface area contributed by atoms with Crippen molar-refractivity contribution in [2.75, 3.05) is 0 Å². The molecule has 1 N–H and O–H groups in total. The van der Waals surface area contributed by atoms with Crippen LogP contribution in [0.1, 0.15) is 10.6 Å². The van der Waals surface area contributed by atoms with E-state index in [1.807, 2.05) is 12.1 Å². The van der Waals surface area contributed by atoms with Crippen LogP contribution in [0.5, 0.6) is 0 Å². The molecule has 1 aromatic heterocycles. The molecule has 0 aliphatic heterocycles. The molecule has 3 aromatic rings. The first-order valence-corrected chi connectivity index (χ1v) is 7.92. The second kappa shape index (κ2) is 6.31. The Morgan fingerprint density at radius 3 is 2.43 bits per heavy atom. The number of carbonyl (C=O) groups is 1. The SMILES string of the molecule is O=C(O)c1nc(-c2ccc(Br)cc2)n(-c2ccc(Cl)cc2Cl)n1. The topological polar surface area (TPSA) is 68.0 Å². The van der Waals surface area contributed by atoms with E-state index in [1.54, 1.807) is 30.3 Å². The van der Waals surface area contributed by atoms with E-state index in [2.05, 4.69) is 26.0 Å². The summed E-state index contributed by atoms with van der Waals surface area (Å²) in [7, 11) is 0. The number of rotatable bonds is 3. The number of carboxylic acid groups (broad SMARTS) is 1. The quantitative estimate of drug-likeness (QED) is 0.676. The van der Waals surface area contributed by atoms with E-state index >= 15 is 0 Å². The fourth-order valence-corrected chi connectivity index (χ4v) is 2.76. The van der Waals surface area contributed by atoms with E-state index in [1.165, 1.54) is 4.68 Å². The zero-order valence-electron chi connectivity index (χ0n) is 11.4. The van der Waals surface area contributed by atoms with Gasteiger partial charge in [-0.05, 0) is 30.3 Å². The van der Waals surface area contributed by atoms with Gasteiger partial charge in [0.05, 0.1) is 10.7 Å². The summed E-state index contributed by atoms with van der Waals surface area (Å²) in [5.74, 6) is -1.15. The zero-order chi connectivity index (χ0) is 16.6. The maximum Gasteiger partial charge on any atom is 0.375 e. The number of carboxylic acids is 1. The second-order valence-corrected chi connectivity index (χ2v) is 6.34. The van der Waals surface area contributed by atoms with Crippen LogP contribution in [0.3, 0.4) is 0 Å². The van der Waals surface area contributed by atoms with E-state index in [4.69, 9.17) is 23.2 Å². The average Bonchev–Trinajstić information content (AvgIpc) is 2.93. The second-order valence-electron chi connectivity index (χ2n) is 4.58. The molecule has 0 bridgehead atoms. The number of hydrogen-bond donors (Lipinski definition) is 1. The molecular weight excluding hydrogens is 405 g/mol. The van der Waals surface area contributed by atoms with Crippen molar-refractivity contribution in [3.63, 3.8) is 0 Å². The van der Waals surface area contributed by atoms with Gasteiger partial charge in [-0.25, -0.2) is 14.5 Å². The molecule has 2 aromatic carbocycles. The Morgan fingerprint density at radius 2 is 1.83 bits per heavy atom. The van der Waals surface area contributed by atoms with E-state index in [9.17, 15) is 9.90 Å². The Morgan fingerprint density at radius 1 is 1.13 bits per heavy atom. The largest absolute Gasteiger partial charge is 0.475 e. The van der Waals surface area contributed by atoms with E-state index in [-0.39, 0.29) is 5.82 Å². The van der Waals surface area contributed by atoms with Crippen molar-refractivity contribution in [1.29, 1.82) is 0 Å². The van der Waals surface area contributed by atoms with Gasteiger partial charge in [0.1, 0.15) is 0 Å². The summed E-state index contributed by atoms with van der Waals surface area (Å²) in [6.45, 7) is 0. The van der Waals surface area contributed by atoms with Gasteiger partial charge in [-0.1, -0.05) is 51.3 Å². The lowest BCUT2D eigenvalue weighted by atomic mass is 10.2. The number of benzene rings is 2. The normalized spacial score (nSPS) is 10.7. The molecule has 0 aliphatic rings. The van der Waals surface area contributed by atoms with E-state index in [0.717, 1.165) is 4.47 Å². The van der Waals surface area contributed by atoms with Gasteiger partial charge in [0.25, 0.3) is 5.82 Å². The first kappa shape index (κ1) is 16.0. The third-order valence-corrected chi connectivity index (χ3v) is 4.11. The Hall–Kier alpha value is -1.89. The minimum absolute atomic E-state index is 0.311. The van der Waals surface area contributed by atoms with Crippen molar-refractivity contribution in [2.45, 2.75) is 0 Å². The fraction of sp³-hybridized carbons (Fsp3) is 0. The molecule has 0 unspecified atom stereocenters. The van der Waals surface area contributed by atoms with Crippen molar-refractivity contribution >= 4 is 45.1 Å². The predicted molar refractivity (Wildman–Crippen MR) is 91.5 cm³/mol. The molecule has 0 saturated carbocycles. The van der Waals surface area contributed by atoms with Gasteiger partial charge in [-0.15, -0.1) is 5.10 Å². The van der Waals surface area contributed by atoms with Crippen molar-refractivity contribution in [3.8, 4) is 17.1 Å². The molecule has 0 amide bonds. The van der Waals surface area contributed by atoms with Crippen LogP contribution in [0.25, 0.3) is 17.1 Å². The van der Waals surface area contributed by atoms with Gasteiger partial charge in [0.2, 0.25) is 0 Å². The van der Waals surface area contributed by atoms with Crippen molar-refractivity contribution in [1.82, 2.24) is 14.8 Å². The Kier molecular flexibility index (Phi) is 4.39. The molecule has 1 heterocycles. The predicted octanol–water partition coefficient (Wildman–Crippen LogP) is 4.70. The lowest BCUT2D eigenvalue weighted by Gasteiger charge is -2.08. The van der Waals surface area contributed by atoms with Gasteiger partial charge in [-0.3, -0.25) is 0 Å². The minimum Gasteiger partial charge on any atom is -0.475 e. The Labute approximate surface area is 149 Å². The lowest BCUT2D eigenvalue weighted by molar-refractivity contribution is 0.0683. The highest BCUT2D eigenvalue weighted by molar-refractivity contribution is 9.10. The first-order valence-electron chi connectivity index (χ1n) is 6.37. The Bertz CT molecular complexity index is 894.